The maximum absolute atomic E-state index is 13.7. The number of aromatic nitrogens is 1. The first-order valence-electron chi connectivity index (χ1n) is 7.18. The molecule has 0 bridgehead atoms. The van der Waals surface area contributed by atoms with Crippen molar-refractivity contribution in [2.45, 2.75) is 11.8 Å². The minimum atomic E-state index is -0.402. The lowest BCUT2D eigenvalue weighted by Gasteiger charge is -2.17. The molecule has 0 amide bonds. The van der Waals surface area contributed by atoms with Crippen molar-refractivity contribution < 1.29 is 9.18 Å². The number of nitrogens with zero attached hydrogens (tertiary/aromatic N) is 1. The van der Waals surface area contributed by atoms with Crippen molar-refractivity contribution in [2.24, 2.45) is 0 Å². The fraction of sp³-hybridized carbons (Fsp3) is 0.105. The lowest BCUT2D eigenvalue weighted by molar-refractivity contribution is 0.104. The summed E-state index contributed by atoms with van der Waals surface area (Å²) in [6.07, 6.45) is 0. The SMILES string of the molecule is [CH2]C(=O)c1c(-c2ccccc2)c(C(C)Br)nc2ccc(F)cc12. The van der Waals surface area contributed by atoms with Crippen LogP contribution in [0, 0.1) is 12.7 Å². The van der Waals surface area contributed by atoms with Crippen LogP contribution in [0.15, 0.2) is 48.5 Å². The Bertz CT molecular complexity index is 891. The number of benzene rings is 2. The van der Waals surface area contributed by atoms with Crippen molar-refractivity contribution in [3.05, 3.63) is 72.5 Å². The van der Waals surface area contributed by atoms with E-state index in [1.807, 2.05) is 37.3 Å². The lowest BCUT2D eigenvalue weighted by atomic mass is 9.91. The van der Waals surface area contributed by atoms with Crippen LogP contribution in [-0.4, -0.2) is 10.8 Å². The first-order chi connectivity index (χ1) is 11.0. The highest BCUT2D eigenvalue weighted by Gasteiger charge is 2.22. The molecule has 2 aromatic carbocycles. The lowest BCUT2D eigenvalue weighted by Crippen LogP contribution is -2.06. The minimum Gasteiger partial charge on any atom is -0.294 e. The second-order valence-electron chi connectivity index (χ2n) is 5.31. The Morgan fingerprint density at radius 2 is 1.91 bits per heavy atom. The van der Waals surface area contributed by atoms with Crippen LogP contribution in [0.3, 0.4) is 0 Å². The molecule has 3 aromatic rings. The Morgan fingerprint density at radius 3 is 2.52 bits per heavy atom. The molecular weight excluding hydrogens is 357 g/mol. The summed E-state index contributed by atoms with van der Waals surface area (Å²) < 4.78 is 13.7. The van der Waals surface area contributed by atoms with Gasteiger partial charge in [-0.3, -0.25) is 9.78 Å². The normalized spacial score (nSPS) is 12.3. The number of rotatable bonds is 3. The number of halogens is 2. The van der Waals surface area contributed by atoms with Crippen LogP contribution < -0.4 is 0 Å². The van der Waals surface area contributed by atoms with Crippen LogP contribution in [0.1, 0.15) is 27.8 Å². The number of Topliss-reactive ketones (excluding diaryl/α,β-unsaturated/α-hetero) is 1. The van der Waals surface area contributed by atoms with Gasteiger partial charge in [0, 0.05) is 23.4 Å². The van der Waals surface area contributed by atoms with Gasteiger partial charge in [-0.15, -0.1) is 0 Å². The molecule has 1 aromatic heterocycles. The molecule has 1 heterocycles. The Balaban J connectivity index is 2.50. The van der Waals surface area contributed by atoms with E-state index in [2.05, 4.69) is 27.8 Å². The summed E-state index contributed by atoms with van der Waals surface area (Å²) in [4.78, 5) is 16.8. The number of carbonyl (C=O) groups is 1. The number of pyridine rings is 1. The standard InChI is InChI=1S/C19H14BrFNO/c1-11(20)19-18(13-6-4-3-5-7-13)17(12(2)23)15-10-14(21)8-9-16(15)22-19/h3-11H,2H2,1H3. The van der Waals surface area contributed by atoms with Gasteiger partial charge >= 0.3 is 0 Å². The fourth-order valence-corrected chi connectivity index (χ4v) is 3.06. The predicted octanol–water partition coefficient (Wildman–Crippen LogP) is 5.51. The van der Waals surface area contributed by atoms with Crippen LogP contribution >= 0.6 is 15.9 Å². The molecular formula is C19H14BrFNO. The molecule has 0 saturated heterocycles. The Labute approximate surface area is 142 Å². The van der Waals surface area contributed by atoms with E-state index >= 15 is 0 Å². The van der Waals surface area contributed by atoms with Crippen LogP contribution in [0.25, 0.3) is 22.0 Å². The van der Waals surface area contributed by atoms with Crippen LogP contribution in [0.5, 0.6) is 0 Å². The third kappa shape index (κ3) is 2.91. The molecule has 0 aliphatic rings. The van der Waals surface area contributed by atoms with E-state index in [1.54, 1.807) is 6.07 Å². The van der Waals surface area contributed by atoms with Gasteiger partial charge in [-0.2, -0.15) is 0 Å². The molecule has 0 aliphatic heterocycles. The number of alkyl halides is 1. The van der Waals surface area contributed by atoms with Gasteiger partial charge in [0.25, 0.3) is 0 Å². The smallest absolute Gasteiger partial charge is 0.164 e. The summed E-state index contributed by atoms with van der Waals surface area (Å²) in [5, 5.41) is 0.487. The first-order valence-corrected chi connectivity index (χ1v) is 8.09. The van der Waals surface area contributed by atoms with E-state index in [4.69, 9.17) is 0 Å². The zero-order chi connectivity index (χ0) is 16.6. The predicted molar refractivity (Wildman–Crippen MR) is 94.2 cm³/mol. The largest absolute Gasteiger partial charge is 0.294 e. The number of fused-ring (bicyclic) bond motifs is 1. The second kappa shape index (κ2) is 6.20. The van der Waals surface area contributed by atoms with Gasteiger partial charge in [-0.25, -0.2) is 4.39 Å². The summed E-state index contributed by atoms with van der Waals surface area (Å²) in [5.74, 6) is -0.753. The van der Waals surface area contributed by atoms with E-state index in [0.29, 0.717) is 22.0 Å². The van der Waals surface area contributed by atoms with Gasteiger partial charge in [0.15, 0.2) is 5.78 Å². The van der Waals surface area contributed by atoms with E-state index in [9.17, 15) is 9.18 Å². The Kier molecular flexibility index (Phi) is 4.26. The number of carbonyl (C=O) groups excluding carboxylic acids is 1. The van der Waals surface area contributed by atoms with Crippen molar-refractivity contribution in [1.29, 1.82) is 0 Å². The number of hydrogen-bond donors (Lipinski definition) is 0. The maximum atomic E-state index is 13.7. The zero-order valence-corrected chi connectivity index (χ0v) is 14.1. The van der Waals surface area contributed by atoms with Crippen molar-refractivity contribution in [3.8, 4) is 11.1 Å². The molecule has 0 spiro atoms. The average Bonchev–Trinajstić information content (AvgIpc) is 2.53. The molecule has 0 aliphatic carbocycles. The van der Waals surface area contributed by atoms with Gasteiger partial charge in [0.1, 0.15) is 5.82 Å². The van der Waals surface area contributed by atoms with Gasteiger partial charge in [-0.05, 0) is 30.7 Å². The van der Waals surface area contributed by atoms with Crippen molar-refractivity contribution in [3.63, 3.8) is 0 Å². The van der Waals surface area contributed by atoms with Crippen molar-refractivity contribution >= 4 is 32.6 Å². The quantitative estimate of drug-likeness (QED) is 0.449. The van der Waals surface area contributed by atoms with E-state index in [1.165, 1.54) is 12.1 Å². The molecule has 3 rings (SSSR count). The van der Waals surface area contributed by atoms with Gasteiger partial charge in [0.2, 0.25) is 0 Å². The van der Waals surface area contributed by atoms with Gasteiger partial charge in [-0.1, -0.05) is 46.3 Å². The highest BCUT2D eigenvalue weighted by atomic mass is 79.9. The fourth-order valence-electron chi connectivity index (χ4n) is 2.73. The first kappa shape index (κ1) is 15.8. The van der Waals surface area contributed by atoms with Gasteiger partial charge in [0.05, 0.1) is 16.0 Å². The van der Waals surface area contributed by atoms with Crippen molar-refractivity contribution in [2.75, 3.05) is 0 Å². The van der Waals surface area contributed by atoms with Crippen LogP contribution in [0.2, 0.25) is 0 Å². The molecule has 0 fully saturated rings. The molecule has 23 heavy (non-hydrogen) atoms. The maximum Gasteiger partial charge on any atom is 0.164 e. The molecule has 1 radical (unpaired) electrons. The summed E-state index contributed by atoms with van der Waals surface area (Å²) in [5.41, 5.74) is 3.29. The van der Waals surface area contributed by atoms with E-state index in [-0.39, 0.29) is 10.6 Å². The minimum absolute atomic E-state index is 0.0646. The molecule has 4 heteroatoms. The molecule has 1 atom stereocenters. The Morgan fingerprint density at radius 1 is 1.22 bits per heavy atom. The second-order valence-corrected chi connectivity index (χ2v) is 6.69. The van der Waals surface area contributed by atoms with Crippen LogP contribution in [0.4, 0.5) is 4.39 Å². The molecule has 0 N–H and O–H groups in total. The zero-order valence-electron chi connectivity index (χ0n) is 12.5. The van der Waals surface area contributed by atoms with Gasteiger partial charge < -0.3 is 0 Å². The molecule has 2 nitrogen and oxygen atoms in total. The summed E-state index contributed by atoms with van der Waals surface area (Å²) in [6, 6.07) is 13.8. The molecule has 1 unspecified atom stereocenters. The van der Waals surface area contributed by atoms with Crippen molar-refractivity contribution in [1.82, 2.24) is 4.98 Å². The summed E-state index contributed by atoms with van der Waals surface area (Å²) >= 11 is 3.55. The topological polar surface area (TPSA) is 30.0 Å². The van der Waals surface area contributed by atoms with E-state index < -0.39 is 5.82 Å². The molecule has 0 saturated carbocycles. The summed E-state index contributed by atoms with van der Waals surface area (Å²) in [6.45, 7) is 5.52. The third-order valence-corrected chi connectivity index (χ3v) is 4.13. The summed E-state index contributed by atoms with van der Waals surface area (Å²) in [7, 11) is 0. The average molecular weight is 371 g/mol. The number of hydrogen-bond acceptors (Lipinski definition) is 2. The monoisotopic (exact) mass is 370 g/mol. The van der Waals surface area contributed by atoms with E-state index in [0.717, 1.165) is 11.3 Å². The molecule has 115 valence electrons. The third-order valence-electron chi connectivity index (χ3n) is 3.69. The highest BCUT2D eigenvalue weighted by Crippen LogP contribution is 2.37. The Hall–Kier alpha value is -2.07. The van der Waals surface area contributed by atoms with Crippen LogP contribution in [-0.2, 0) is 0 Å². The highest BCUT2D eigenvalue weighted by molar-refractivity contribution is 9.09. The number of ketones is 1.